The van der Waals surface area contributed by atoms with Crippen LogP contribution in [0.3, 0.4) is 0 Å². The molecule has 0 radical (unpaired) electrons. The molecule has 0 aromatic carbocycles. The fourth-order valence-electron chi connectivity index (χ4n) is 2.07. The Morgan fingerprint density at radius 3 is 2.68 bits per heavy atom. The number of aromatic nitrogens is 4. The van der Waals surface area contributed by atoms with Crippen molar-refractivity contribution in [2.24, 2.45) is 0 Å². The van der Waals surface area contributed by atoms with Crippen molar-refractivity contribution in [1.82, 2.24) is 24.9 Å². The summed E-state index contributed by atoms with van der Waals surface area (Å²) in [5, 5.41) is 19.7. The van der Waals surface area contributed by atoms with E-state index in [0.717, 1.165) is 17.8 Å². The van der Waals surface area contributed by atoms with Crippen LogP contribution >= 0.6 is 0 Å². The minimum Gasteiger partial charge on any atom is -0.478 e. The summed E-state index contributed by atoms with van der Waals surface area (Å²) in [6.07, 6.45) is 4.67. The number of aryl methyl sites for hydroxylation is 2. The van der Waals surface area contributed by atoms with Gasteiger partial charge in [0.15, 0.2) is 0 Å². The van der Waals surface area contributed by atoms with Gasteiger partial charge in [0.25, 0.3) is 0 Å². The highest BCUT2D eigenvalue weighted by atomic mass is 16.4. The third-order valence-corrected chi connectivity index (χ3v) is 3.43. The van der Waals surface area contributed by atoms with Crippen LogP contribution in [-0.4, -0.2) is 36.5 Å². The van der Waals surface area contributed by atoms with Crippen LogP contribution in [-0.2, 0) is 24.4 Å². The molecule has 1 amide bonds. The first-order valence-corrected chi connectivity index (χ1v) is 7.05. The average molecular weight is 305 g/mol. The number of nitrogens with zero attached hydrogens (tertiary/aromatic N) is 4. The van der Waals surface area contributed by atoms with E-state index in [1.807, 2.05) is 18.5 Å². The maximum absolute atomic E-state index is 11.8. The molecule has 0 atom stereocenters. The Morgan fingerprint density at radius 1 is 1.32 bits per heavy atom. The minimum absolute atomic E-state index is 0.114. The topological polar surface area (TPSA) is 102 Å². The van der Waals surface area contributed by atoms with Crippen molar-refractivity contribution in [3.8, 4) is 0 Å². The summed E-state index contributed by atoms with van der Waals surface area (Å²) in [7, 11) is 0. The number of carbonyl (C=O) groups is 2. The van der Waals surface area contributed by atoms with Crippen molar-refractivity contribution in [2.75, 3.05) is 0 Å². The Balaban J connectivity index is 1.80. The maximum Gasteiger partial charge on any atom is 0.338 e. The number of carboxylic acids is 1. The molecule has 0 saturated carbocycles. The first-order chi connectivity index (χ1) is 10.5. The standard InChI is InChI=1S/C14H19N5O3/c1-3-19-10(2)11(7-17-19)6-15-13(20)4-5-18-9-12(8-16-18)14(21)22/h7-9H,3-6H2,1-2H3,(H,15,20)(H,21,22). The Bertz CT molecular complexity index is 674. The van der Waals surface area contributed by atoms with E-state index in [1.54, 1.807) is 6.20 Å². The summed E-state index contributed by atoms with van der Waals surface area (Å²) < 4.78 is 3.32. The molecule has 22 heavy (non-hydrogen) atoms. The average Bonchev–Trinajstić information content (AvgIpc) is 3.10. The zero-order chi connectivity index (χ0) is 16.1. The first-order valence-electron chi connectivity index (χ1n) is 7.05. The molecule has 0 fully saturated rings. The zero-order valence-corrected chi connectivity index (χ0v) is 12.6. The van der Waals surface area contributed by atoms with Crippen molar-refractivity contribution < 1.29 is 14.7 Å². The van der Waals surface area contributed by atoms with Crippen molar-refractivity contribution in [3.63, 3.8) is 0 Å². The molecule has 0 aliphatic heterocycles. The fourth-order valence-corrected chi connectivity index (χ4v) is 2.07. The van der Waals surface area contributed by atoms with Gasteiger partial charge in [-0.1, -0.05) is 0 Å². The molecular weight excluding hydrogens is 286 g/mol. The highest BCUT2D eigenvalue weighted by Gasteiger charge is 2.09. The van der Waals surface area contributed by atoms with Gasteiger partial charge < -0.3 is 10.4 Å². The molecule has 2 heterocycles. The molecule has 0 unspecified atom stereocenters. The smallest absolute Gasteiger partial charge is 0.338 e. The number of aromatic carboxylic acids is 1. The van der Waals surface area contributed by atoms with Crippen molar-refractivity contribution >= 4 is 11.9 Å². The van der Waals surface area contributed by atoms with Crippen LogP contribution in [0.4, 0.5) is 0 Å². The number of hydrogen-bond donors (Lipinski definition) is 2. The molecule has 8 nitrogen and oxygen atoms in total. The summed E-state index contributed by atoms with van der Waals surface area (Å²) in [4.78, 5) is 22.6. The van der Waals surface area contributed by atoms with Crippen LogP contribution in [0.5, 0.6) is 0 Å². The number of nitrogens with one attached hydrogen (secondary N) is 1. The molecule has 2 rings (SSSR count). The van der Waals surface area contributed by atoms with E-state index in [0.29, 0.717) is 13.1 Å². The van der Waals surface area contributed by atoms with E-state index in [2.05, 4.69) is 15.5 Å². The van der Waals surface area contributed by atoms with E-state index in [-0.39, 0.29) is 17.9 Å². The van der Waals surface area contributed by atoms with Crippen LogP contribution < -0.4 is 5.32 Å². The molecule has 118 valence electrons. The summed E-state index contributed by atoms with van der Waals surface area (Å²) >= 11 is 0. The van der Waals surface area contributed by atoms with E-state index < -0.39 is 5.97 Å². The first kappa shape index (κ1) is 15.7. The zero-order valence-electron chi connectivity index (χ0n) is 12.6. The van der Waals surface area contributed by atoms with Crippen LogP contribution in [0.25, 0.3) is 0 Å². The molecular formula is C14H19N5O3. The molecule has 0 aliphatic carbocycles. The SMILES string of the molecule is CCn1ncc(CNC(=O)CCn2cc(C(=O)O)cn2)c1C. The molecule has 8 heteroatoms. The van der Waals surface area contributed by atoms with Gasteiger partial charge in [0, 0.05) is 43.5 Å². The summed E-state index contributed by atoms with van der Waals surface area (Å²) in [6.45, 7) is 5.55. The molecule has 2 aromatic heterocycles. The lowest BCUT2D eigenvalue weighted by Gasteiger charge is -2.06. The van der Waals surface area contributed by atoms with Crippen molar-refractivity contribution in [3.05, 3.63) is 35.4 Å². The van der Waals surface area contributed by atoms with Gasteiger partial charge in [-0.05, 0) is 13.8 Å². The van der Waals surface area contributed by atoms with Crippen LogP contribution in [0.1, 0.15) is 35.0 Å². The lowest BCUT2D eigenvalue weighted by atomic mass is 10.2. The Morgan fingerprint density at radius 2 is 2.09 bits per heavy atom. The molecule has 2 N–H and O–H groups in total. The van der Waals surface area contributed by atoms with E-state index >= 15 is 0 Å². The van der Waals surface area contributed by atoms with Gasteiger partial charge in [-0.3, -0.25) is 14.2 Å². The fraction of sp³-hybridized carbons (Fsp3) is 0.429. The predicted molar refractivity (Wildman–Crippen MR) is 78.3 cm³/mol. The van der Waals surface area contributed by atoms with Crippen LogP contribution in [0.2, 0.25) is 0 Å². The van der Waals surface area contributed by atoms with Gasteiger partial charge in [0.2, 0.25) is 5.91 Å². The normalized spacial score (nSPS) is 10.6. The highest BCUT2D eigenvalue weighted by Crippen LogP contribution is 2.06. The van der Waals surface area contributed by atoms with Gasteiger partial charge in [-0.15, -0.1) is 0 Å². The second kappa shape index (κ2) is 6.88. The molecule has 0 saturated heterocycles. The van der Waals surface area contributed by atoms with E-state index in [9.17, 15) is 9.59 Å². The number of amides is 1. The predicted octanol–water partition coefficient (Wildman–Crippen LogP) is 0.813. The Hall–Kier alpha value is -2.64. The van der Waals surface area contributed by atoms with Gasteiger partial charge in [-0.2, -0.15) is 10.2 Å². The molecule has 2 aromatic rings. The molecule has 0 aliphatic rings. The van der Waals surface area contributed by atoms with Crippen molar-refractivity contribution in [2.45, 2.75) is 39.9 Å². The monoisotopic (exact) mass is 305 g/mol. The van der Waals surface area contributed by atoms with Gasteiger partial charge in [0.05, 0.1) is 18.0 Å². The van der Waals surface area contributed by atoms with E-state index in [1.165, 1.54) is 17.1 Å². The lowest BCUT2D eigenvalue weighted by molar-refractivity contribution is -0.121. The quantitative estimate of drug-likeness (QED) is 0.788. The second-order valence-corrected chi connectivity index (χ2v) is 4.89. The van der Waals surface area contributed by atoms with Crippen LogP contribution in [0.15, 0.2) is 18.6 Å². The summed E-state index contributed by atoms with van der Waals surface area (Å²) in [6, 6.07) is 0. The molecule has 0 spiro atoms. The van der Waals surface area contributed by atoms with Crippen molar-refractivity contribution in [1.29, 1.82) is 0 Å². The van der Waals surface area contributed by atoms with Gasteiger partial charge >= 0.3 is 5.97 Å². The number of carboxylic acid groups (broad SMARTS) is 1. The summed E-state index contributed by atoms with van der Waals surface area (Å²) in [5.41, 5.74) is 2.14. The van der Waals surface area contributed by atoms with Crippen LogP contribution in [0, 0.1) is 6.92 Å². The maximum atomic E-state index is 11.8. The lowest BCUT2D eigenvalue weighted by Crippen LogP contribution is -2.24. The number of rotatable bonds is 7. The van der Waals surface area contributed by atoms with Gasteiger partial charge in [0.1, 0.15) is 0 Å². The van der Waals surface area contributed by atoms with E-state index in [4.69, 9.17) is 5.11 Å². The Kier molecular flexibility index (Phi) is 4.92. The largest absolute Gasteiger partial charge is 0.478 e. The number of hydrogen-bond acceptors (Lipinski definition) is 4. The number of carbonyl (C=O) groups excluding carboxylic acids is 1. The highest BCUT2D eigenvalue weighted by molar-refractivity contribution is 5.86. The summed E-state index contributed by atoms with van der Waals surface area (Å²) in [5.74, 6) is -1.14. The third kappa shape index (κ3) is 3.72. The Labute approximate surface area is 127 Å². The minimum atomic E-state index is -1.03. The third-order valence-electron chi connectivity index (χ3n) is 3.43. The molecule has 0 bridgehead atoms. The van der Waals surface area contributed by atoms with Gasteiger partial charge in [-0.25, -0.2) is 4.79 Å². The second-order valence-electron chi connectivity index (χ2n) is 4.89.